The lowest BCUT2D eigenvalue weighted by Crippen LogP contribution is -2.43. The standard InChI is InChI=1S/C17H12BrN3O4/c18-14-4-2-1-3-13(14)16(23)21-20-15(22)10-25-17(24)12-7-5-11(9-19)6-8-12/h1-8H,10H2,(H,20,22)(H,21,23). The Morgan fingerprint density at radius 2 is 1.72 bits per heavy atom. The highest BCUT2D eigenvalue weighted by Crippen LogP contribution is 2.15. The largest absolute Gasteiger partial charge is 0.452 e. The van der Waals surface area contributed by atoms with Gasteiger partial charge in [-0.25, -0.2) is 4.79 Å². The molecule has 0 aliphatic rings. The number of nitriles is 1. The smallest absolute Gasteiger partial charge is 0.338 e. The van der Waals surface area contributed by atoms with Gasteiger partial charge in [-0.05, 0) is 52.3 Å². The highest BCUT2D eigenvalue weighted by atomic mass is 79.9. The lowest BCUT2D eigenvalue weighted by Gasteiger charge is -2.09. The van der Waals surface area contributed by atoms with Gasteiger partial charge in [-0.15, -0.1) is 0 Å². The number of hydrogen-bond acceptors (Lipinski definition) is 5. The van der Waals surface area contributed by atoms with E-state index in [1.165, 1.54) is 24.3 Å². The summed E-state index contributed by atoms with van der Waals surface area (Å²) in [7, 11) is 0. The summed E-state index contributed by atoms with van der Waals surface area (Å²) >= 11 is 3.23. The van der Waals surface area contributed by atoms with Crippen LogP contribution in [0.1, 0.15) is 26.3 Å². The Balaban J connectivity index is 1.80. The van der Waals surface area contributed by atoms with Crippen LogP contribution in [0.2, 0.25) is 0 Å². The Morgan fingerprint density at radius 3 is 2.36 bits per heavy atom. The normalized spacial score (nSPS) is 9.60. The zero-order valence-corrected chi connectivity index (χ0v) is 14.4. The van der Waals surface area contributed by atoms with Gasteiger partial charge >= 0.3 is 5.97 Å². The lowest BCUT2D eigenvalue weighted by atomic mass is 10.1. The molecule has 0 unspecified atom stereocenters. The molecule has 0 aliphatic carbocycles. The number of rotatable bonds is 4. The van der Waals surface area contributed by atoms with Gasteiger partial charge < -0.3 is 4.74 Å². The van der Waals surface area contributed by atoms with Crippen molar-refractivity contribution < 1.29 is 19.1 Å². The molecule has 0 fully saturated rings. The first-order valence-electron chi connectivity index (χ1n) is 7.02. The van der Waals surface area contributed by atoms with Gasteiger partial charge in [0.1, 0.15) is 0 Å². The van der Waals surface area contributed by atoms with Crippen molar-refractivity contribution in [3.63, 3.8) is 0 Å². The summed E-state index contributed by atoms with van der Waals surface area (Å²) in [5.41, 5.74) is 5.34. The monoisotopic (exact) mass is 401 g/mol. The van der Waals surface area contributed by atoms with Gasteiger partial charge in [0.15, 0.2) is 6.61 Å². The molecular weight excluding hydrogens is 390 g/mol. The van der Waals surface area contributed by atoms with Crippen molar-refractivity contribution in [2.24, 2.45) is 0 Å². The Hall–Kier alpha value is -3.18. The number of halogens is 1. The average Bonchev–Trinajstić information content (AvgIpc) is 2.64. The zero-order chi connectivity index (χ0) is 18.2. The third kappa shape index (κ3) is 5.16. The SMILES string of the molecule is N#Cc1ccc(C(=O)OCC(=O)NNC(=O)c2ccccc2Br)cc1. The van der Waals surface area contributed by atoms with Crippen LogP contribution >= 0.6 is 15.9 Å². The molecule has 0 heterocycles. The molecule has 0 bridgehead atoms. The van der Waals surface area contributed by atoms with E-state index in [-0.39, 0.29) is 5.56 Å². The quantitative estimate of drug-likeness (QED) is 0.600. The first kappa shape index (κ1) is 18.2. The first-order valence-corrected chi connectivity index (χ1v) is 7.81. The lowest BCUT2D eigenvalue weighted by molar-refractivity contribution is -0.125. The third-order valence-corrected chi connectivity index (χ3v) is 3.71. The van der Waals surface area contributed by atoms with Crippen molar-refractivity contribution in [3.05, 3.63) is 69.7 Å². The Morgan fingerprint density at radius 1 is 1.04 bits per heavy atom. The van der Waals surface area contributed by atoms with Crippen molar-refractivity contribution in [2.75, 3.05) is 6.61 Å². The predicted molar refractivity (Wildman–Crippen MR) is 91.2 cm³/mol. The first-order chi connectivity index (χ1) is 12.0. The van der Waals surface area contributed by atoms with Crippen LogP contribution < -0.4 is 10.9 Å². The van der Waals surface area contributed by atoms with E-state index in [1.54, 1.807) is 24.3 Å². The van der Waals surface area contributed by atoms with Gasteiger partial charge in [0.2, 0.25) is 0 Å². The highest BCUT2D eigenvalue weighted by molar-refractivity contribution is 9.10. The van der Waals surface area contributed by atoms with Crippen LogP contribution in [0, 0.1) is 11.3 Å². The fourth-order valence-electron chi connectivity index (χ4n) is 1.77. The minimum atomic E-state index is -0.711. The molecule has 0 aromatic heterocycles. The second-order valence-corrected chi connectivity index (χ2v) is 5.60. The molecule has 2 rings (SSSR count). The van der Waals surface area contributed by atoms with E-state index in [0.717, 1.165) is 0 Å². The maximum Gasteiger partial charge on any atom is 0.338 e. The maximum atomic E-state index is 11.9. The minimum Gasteiger partial charge on any atom is -0.452 e. The molecule has 2 aromatic rings. The van der Waals surface area contributed by atoms with Crippen LogP contribution in [0.5, 0.6) is 0 Å². The minimum absolute atomic E-state index is 0.212. The van der Waals surface area contributed by atoms with E-state index < -0.39 is 24.4 Å². The molecule has 8 heteroatoms. The van der Waals surface area contributed by atoms with Gasteiger partial charge in [-0.1, -0.05) is 12.1 Å². The van der Waals surface area contributed by atoms with Gasteiger partial charge in [0.05, 0.1) is 22.8 Å². The summed E-state index contributed by atoms with van der Waals surface area (Å²) in [5, 5.41) is 8.69. The molecule has 126 valence electrons. The molecule has 2 N–H and O–H groups in total. The summed E-state index contributed by atoms with van der Waals surface area (Å²) in [4.78, 5) is 35.3. The number of esters is 1. The van der Waals surface area contributed by atoms with E-state index >= 15 is 0 Å². The number of benzene rings is 2. The fraction of sp³-hybridized carbons (Fsp3) is 0.0588. The van der Waals surface area contributed by atoms with E-state index in [2.05, 4.69) is 26.8 Å². The predicted octanol–water partition coefficient (Wildman–Crippen LogP) is 1.94. The molecule has 0 spiro atoms. The van der Waals surface area contributed by atoms with Crippen LogP contribution in [0.15, 0.2) is 53.0 Å². The van der Waals surface area contributed by atoms with Crippen molar-refractivity contribution in [1.82, 2.24) is 10.9 Å². The van der Waals surface area contributed by atoms with E-state index in [9.17, 15) is 14.4 Å². The maximum absolute atomic E-state index is 11.9. The molecule has 0 radical (unpaired) electrons. The van der Waals surface area contributed by atoms with E-state index in [4.69, 9.17) is 10.00 Å². The number of hydrazine groups is 1. The molecule has 0 saturated heterocycles. The van der Waals surface area contributed by atoms with Gasteiger partial charge in [-0.2, -0.15) is 5.26 Å². The molecule has 0 saturated carbocycles. The van der Waals surface area contributed by atoms with Gasteiger partial charge in [0, 0.05) is 4.47 Å². The van der Waals surface area contributed by atoms with Crippen LogP contribution in [-0.2, 0) is 9.53 Å². The number of carbonyl (C=O) groups is 3. The second-order valence-electron chi connectivity index (χ2n) is 4.75. The molecule has 2 amide bonds. The highest BCUT2D eigenvalue weighted by Gasteiger charge is 2.12. The Kier molecular flexibility index (Phi) is 6.26. The third-order valence-electron chi connectivity index (χ3n) is 3.02. The fourth-order valence-corrected chi connectivity index (χ4v) is 2.24. The topological polar surface area (TPSA) is 108 Å². The average molecular weight is 402 g/mol. The molecule has 25 heavy (non-hydrogen) atoms. The summed E-state index contributed by atoms with van der Waals surface area (Å²) in [5.74, 6) is -1.92. The van der Waals surface area contributed by atoms with Crippen LogP contribution in [0.25, 0.3) is 0 Å². The molecule has 2 aromatic carbocycles. The number of nitrogens with zero attached hydrogens (tertiary/aromatic N) is 1. The second kappa shape index (κ2) is 8.61. The molecule has 0 aliphatic heterocycles. The molecule has 0 atom stereocenters. The Labute approximate surface area is 151 Å². The van der Waals surface area contributed by atoms with Crippen molar-refractivity contribution in [1.29, 1.82) is 5.26 Å². The Bertz CT molecular complexity index is 844. The number of carbonyl (C=O) groups excluding carboxylic acids is 3. The van der Waals surface area contributed by atoms with Crippen LogP contribution in [-0.4, -0.2) is 24.4 Å². The number of nitrogens with one attached hydrogen (secondary N) is 2. The zero-order valence-electron chi connectivity index (χ0n) is 12.8. The van der Waals surface area contributed by atoms with Crippen molar-refractivity contribution >= 4 is 33.7 Å². The van der Waals surface area contributed by atoms with Crippen LogP contribution in [0.4, 0.5) is 0 Å². The number of hydrogen-bond donors (Lipinski definition) is 2. The van der Waals surface area contributed by atoms with Gasteiger partial charge in [0.25, 0.3) is 11.8 Å². The van der Waals surface area contributed by atoms with E-state index in [1.807, 2.05) is 6.07 Å². The van der Waals surface area contributed by atoms with E-state index in [0.29, 0.717) is 15.6 Å². The van der Waals surface area contributed by atoms with Crippen molar-refractivity contribution in [3.8, 4) is 6.07 Å². The van der Waals surface area contributed by atoms with Gasteiger partial charge in [-0.3, -0.25) is 20.4 Å². The molecule has 7 nitrogen and oxygen atoms in total. The number of ether oxygens (including phenoxy) is 1. The molecular formula is C17H12BrN3O4. The summed E-state index contributed by atoms with van der Waals surface area (Å²) in [6.07, 6.45) is 0. The summed E-state index contributed by atoms with van der Waals surface area (Å²) in [6.45, 7) is -0.560. The van der Waals surface area contributed by atoms with Crippen molar-refractivity contribution in [2.45, 2.75) is 0 Å². The number of amides is 2. The van der Waals surface area contributed by atoms with Crippen LogP contribution in [0.3, 0.4) is 0 Å². The summed E-state index contributed by atoms with van der Waals surface area (Å²) < 4.78 is 5.41. The summed E-state index contributed by atoms with van der Waals surface area (Å²) in [6, 6.07) is 14.4.